The van der Waals surface area contributed by atoms with Gasteiger partial charge in [-0.3, -0.25) is 14.1 Å². The molecule has 49 heavy (non-hydrogen) atoms. The highest BCUT2D eigenvalue weighted by Gasteiger charge is 2.39. The highest BCUT2D eigenvalue weighted by molar-refractivity contribution is 7.85. The number of rotatable bonds is 14. The Morgan fingerprint density at radius 1 is 0.878 bits per heavy atom. The van der Waals surface area contributed by atoms with Gasteiger partial charge in [-0.25, -0.2) is 9.97 Å². The number of halogens is 6. The van der Waals surface area contributed by atoms with Gasteiger partial charge in [0.2, 0.25) is 17.6 Å². The molecule has 2 aliphatic rings. The first-order chi connectivity index (χ1) is 23.0. The summed E-state index contributed by atoms with van der Waals surface area (Å²) < 4.78 is 110. The largest absolute Gasteiger partial charge is 0.451 e. The van der Waals surface area contributed by atoms with Crippen LogP contribution in [-0.4, -0.2) is 79.3 Å². The minimum absolute atomic E-state index is 0.0116. The molecule has 2 amide bonds. The van der Waals surface area contributed by atoms with E-state index in [1.807, 2.05) is 0 Å². The van der Waals surface area contributed by atoms with Crippen molar-refractivity contribution in [2.24, 2.45) is 5.92 Å². The molecule has 272 valence electrons. The van der Waals surface area contributed by atoms with Crippen molar-refractivity contribution in [3.05, 3.63) is 47.3 Å². The molecule has 0 spiro atoms. The predicted molar refractivity (Wildman–Crippen MR) is 168 cm³/mol. The van der Waals surface area contributed by atoms with E-state index in [0.717, 1.165) is 18.6 Å². The third kappa shape index (κ3) is 11.7. The van der Waals surface area contributed by atoms with Gasteiger partial charge in [-0.15, -0.1) is 0 Å². The smallest absolute Gasteiger partial charge is 0.356 e. The molecule has 0 saturated carbocycles. The molecule has 2 fully saturated rings. The lowest BCUT2D eigenvalue weighted by Gasteiger charge is -2.34. The first-order valence-electron chi connectivity index (χ1n) is 16.1. The van der Waals surface area contributed by atoms with Crippen molar-refractivity contribution in [1.82, 2.24) is 20.6 Å². The van der Waals surface area contributed by atoms with Gasteiger partial charge in [-0.1, -0.05) is 12.1 Å². The van der Waals surface area contributed by atoms with Crippen LogP contribution in [0, 0.1) is 5.92 Å². The average Bonchev–Trinajstić information content (AvgIpc) is 3.53. The van der Waals surface area contributed by atoms with E-state index in [-0.39, 0.29) is 55.8 Å². The molecule has 3 N–H and O–H groups in total. The van der Waals surface area contributed by atoms with E-state index in [1.165, 1.54) is 23.1 Å². The van der Waals surface area contributed by atoms with Crippen LogP contribution in [0.1, 0.15) is 68.3 Å². The molecule has 4 rings (SSSR count). The number of hydrogen-bond donors (Lipinski definition) is 3. The molecule has 1 aromatic heterocycles. The first-order valence-corrected chi connectivity index (χ1v) is 17.7. The van der Waals surface area contributed by atoms with Crippen LogP contribution in [0.5, 0.6) is 0 Å². The van der Waals surface area contributed by atoms with Crippen LogP contribution in [0.25, 0.3) is 0 Å². The molecule has 0 bridgehead atoms. The maximum Gasteiger partial charge on any atom is 0.451 e. The van der Waals surface area contributed by atoms with Crippen molar-refractivity contribution >= 4 is 33.6 Å². The van der Waals surface area contributed by atoms with Gasteiger partial charge in [-0.05, 0) is 75.0 Å². The molecule has 0 radical (unpaired) electrons. The van der Waals surface area contributed by atoms with E-state index in [2.05, 4.69) is 20.6 Å². The van der Waals surface area contributed by atoms with Crippen molar-refractivity contribution in [1.29, 1.82) is 0 Å². The second-order valence-electron chi connectivity index (χ2n) is 12.3. The lowest BCUT2D eigenvalue weighted by atomic mass is 9.91. The van der Waals surface area contributed by atoms with Gasteiger partial charge in [0.25, 0.3) is 10.1 Å². The second kappa shape index (κ2) is 16.4. The van der Waals surface area contributed by atoms with Gasteiger partial charge >= 0.3 is 12.4 Å². The molecule has 1 unspecified atom stereocenters. The van der Waals surface area contributed by atoms with Crippen LogP contribution in [0.15, 0.2) is 30.3 Å². The highest BCUT2D eigenvalue weighted by Crippen LogP contribution is 2.34. The third-order valence-electron chi connectivity index (χ3n) is 8.65. The van der Waals surface area contributed by atoms with Crippen LogP contribution < -0.4 is 20.4 Å². The number of amides is 2. The Hall–Kier alpha value is -3.67. The molecule has 1 aromatic carbocycles. The van der Waals surface area contributed by atoms with Gasteiger partial charge in [0.1, 0.15) is 17.7 Å². The fraction of sp³-hybridized carbons (Fsp3) is 0.613. The number of hydrogen-bond acceptors (Lipinski definition) is 8. The Kier molecular flexibility index (Phi) is 12.7. The zero-order valence-corrected chi connectivity index (χ0v) is 27.5. The Morgan fingerprint density at radius 3 is 2.18 bits per heavy atom. The van der Waals surface area contributed by atoms with Crippen molar-refractivity contribution in [2.45, 2.75) is 76.2 Å². The number of alkyl halides is 6. The summed E-state index contributed by atoms with van der Waals surface area (Å²) in [5, 5.41) is 5.36. The van der Waals surface area contributed by atoms with Gasteiger partial charge in [-0.2, -0.15) is 34.8 Å². The zero-order chi connectivity index (χ0) is 35.8. The maximum atomic E-state index is 13.9. The quantitative estimate of drug-likeness (QED) is 0.145. The number of carbonyl (C=O) groups excluding carboxylic acids is 2. The van der Waals surface area contributed by atoms with Crippen molar-refractivity contribution in [2.75, 3.05) is 48.3 Å². The summed E-state index contributed by atoms with van der Waals surface area (Å²) in [5.74, 6) is -2.04. The van der Waals surface area contributed by atoms with Gasteiger partial charge < -0.3 is 20.4 Å². The molecular weight excluding hydrogens is 682 g/mol. The van der Waals surface area contributed by atoms with Crippen LogP contribution in [0.2, 0.25) is 0 Å². The lowest BCUT2D eigenvalue weighted by Crippen LogP contribution is -2.44. The summed E-state index contributed by atoms with van der Waals surface area (Å²) in [6, 6.07) is 5.30. The number of nitrogens with one attached hydrogen (secondary N) is 2. The summed E-state index contributed by atoms with van der Waals surface area (Å²) in [7, 11) is -4.08. The van der Waals surface area contributed by atoms with E-state index < -0.39 is 51.6 Å². The van der Waals surface area contributed by atoms with Gasteiger partial charge in [0, 0.05) is 45.2 Å². The Bertz CT molecular complexity index is 1530. The molecular formula is C31H40F6N6O5S. The van der Waals surface area contributed by atoms with Crippen molar-refractivity contribution < 1.29 is 48.9 Å². The van der Waals surface area contributed by atoms with Crippen LogP contribution in [0.3, 0.4) is 0 Å². The van der Waals surface area contributed by atoms with E-state index in [4.69, 9.17) is 4.55 Å². The van der Waals surface area contributed by atoms with E-state index >= 15 is 0 Å². The number of carbonyl (C=O) groups is 2. The molecule has 11 nitrogen and oxygen atoms in total. The zero-order valence-electron chi connectivity index (χ0n) is 26.7. The third-order valence-corrected chi connectivity index (χ3v) is 9.46. The van der Waals surface area contributed by atoms with Crippen LogP contribution >= 0.6 is 0 Å². The maximum absolute atomic E-state index is 13.9. The number of benzene rings is 1. The lowest BCUT2D eigenvalue weighted by molar-refractivity contribution is -0.144. The molecule has 0 aliphatic carbocycles. The Balaban J connectivity index is 1.31. The summed E-state index contributed by atoms with van der Waals surface area (Å²) in [6.07, 6.45) is -5.05. The molecule has 18 heteroatoms. The fourth-order valence-corrected chi connectivity index (χ4v) is 6.56. The van der Waals surface area contributed by atoms with Gasteiger partial charge in [0.15, 0.2) is 0 Å². The number of piperidine rings is 1. The number of nitrogens with zero attached hydrogens (tertiary/aromatic N) is 4. The first kappa shape index (κ1) is 38.1. The Morgan fingerprint density at radius 2 is 1.55 bits per heavy atom. The SMILES string of the molecule is O=C(CCCC1CCN(c2cc(N3CCCC3C(=O)NCCc3ccc(C(F)(F)F)cc3)nc(C(F)(F)F)n2)CC1)NCCCS(=O)(=O)O. The average molecular weight is 723 g/mol. The van der Waals surface area contributed by atoms with Crippen LogP contribution in [-0.2, 0) is 38.5 Å². The monoisotopic (exact) mass is 722 g/mol. The summed E-state index contributed by atoms with van der Waals surface area (Å²) in [5.41, 5.74) is -0.185. The fourth-order valence-electron chi connectivity index (χ4n) is 6.05. The minimum atomic E-state index is -4.82. The number of anilines is 2. The highest BCUT2D eigenvalue weighted by atomic mass is 32.2. The number of aromatic nitrogens is 2. The normalized spacial score (nSPS) is 17.7. The second-order valence-corrected chi connectivity index (χ2v) is 13.9. The van der Waals surface area contributed by atoms with E-state index in [0.29, 0.717) is 57.3 Å². The molecule has 2 saturated heterocycles. The topological polar surface area (TPSA) is 145 Å². The van der Waals surface area contributed by atoms with Gasteiger partial charge in [0.05, 0.1) is 11.3 Å². The summed E-state index contributed by atoms with van der Waals surface area (Å²) >= 11 is 0. The standard InChI is InChI=1S/C31H40F6N6O5S/c32-30(33,34)23-9-7-22(8-10-23)11-15-39-28(45)24-5-2-16-43(24)26-20-25(40-29(41-26)31(35,36)37)42-17-12-21(13-18-42)4-1-6-27(44)38-14-3-19-49(46,47)48/h7-10,20-21,24H,1-6,11-19H2,(H,38,44)(H,39,45)(H,46,47,48). The molecule has 2 aliphatic heterocycles. The van der Waals surface area contributed by atoms with Crippen molar-refractivity contribution in [3.63, 3.8) is 0 Å². The Labute approximate surface area is 280 Å². The molecule has 3 heterocycles. The minimum Gasteiger partial charge on any atom is -0.356 e. The molecule has 1 atom stereocenters. The van der Waals surface area contributed by atoms with E-state index in [9.17, 15) is 44.3 Å². The van der Waals surface area contributed by atoms with E-state index in [1.54, 1.807) is 4.90 Å². The summed E-state index contributed by atoms with van der Waals surface area (Å²) in [6.45, 7) is 1.45. The summed E-state index contributed by atoms with van der Waals surface area (Å²) in [4.78, 5) is 36.0. The molecule has 2 aromatic rings. The van der Waals surface area contributed by atoms with Crippen LogP contribution in [0.4, 0.5) is 38.0 Å². The predicted octanol–water partition coefficient (Wildman–Crippen LogP) is 4.62. The van der Waals surface area contributed by atoms with Crippen molar-refractivity contribution in [3.8, 4) is 0 Å².